The van der Waals surface area contributed by atoms with Gasteiger partial charge in [0.15, 0.2) is 0 Å². The zero-order chi connectivity index (χ0) is 33.3. The molecule has 0 atom stereocenters. The first-order valence-electron chi connectivity index (χ1n) is 16.5. The summed E-state index contributed by atoms with van der Waals surface area (Å²) in [7, 11) is -1.91. The normalized spacial score (nSPS) is 11.5. The van der Waals surface area contributed by atoms with E-state index in [1.165, 1.54) is 48.5 Å². The Morgan fingerprint density at radius 3 is 1.29 bits per heavy atom. The van der Waals surface area contributed by atoms with Crippen LogP contribution < -0.4 is 43.3 Å². The molecule has 0 bridgehead atoms. The number of rotatable bonds is 7. The van der Waals surface area contributed by atoms with Crippen molar-refractivity contribution in [3.8, 4) is 11.1 Å². The molecular formula is C45H36N2P2. The van der Waals surface area contributed by atoms with E-state index in [0.717, 1.165) is 32.9 Å². The van der Waals surface area contributed by atoms with Gasteiger partial charge in [0, 0.05) is 22.1 Å². The molecule has 4 heteroatoms. The lowest BCUT2D eigenvalue weighted by Gasteiger charge is -2.30. The number of hydrogen-bond acceptors (Lipinski definition) is 2. The molecule has 4 N–H and O–H groups in total. The van der Waals surface area contributed by atoms with Crippen LogP contribution in [-0.4, -0.2) is 0 Å². The number of aryl methyl sites for hydroxylation is 1. The van der Waals surface area contributed by atoms with Crippen LogP contribution in [0.5, 0.6) is 0 Å². The highest BCUT2D eigenvalue weighted by molar-refractivity contribution is 7.81. The lowest BCUT2D eigenvalue weighted by atomic mass is 9.91. The first-order valence-corrected chi connectivity index (χ1v) is 19.2. The van der Waals surface area contributed by atoms with Gasteiger partial charge in [-0.2, -0.15) is 0 Å². The fourth-order valence-corrected chi connectivity index (χ4v) is 12.2. The molecule has 0 aliphatic carbocycles. The van der Waals surface area contributed by atoms with E-state index in [9.17, 15) is 0 Å². The molecule has 0 aromatic heterocycles. The third kappa shape index (κ3) is 5.68. The number of hydrogen-bond donors (Lipinski definition) is 2. The van der Waals surface area contributed by atoms with E-state index in [0.29, 0.717) is 0 Å². The molecule has 0 saturated heterocycles. The van der Waals surface area contributed by atoms with Crippen molar-refractivity contribution in [2.45, 2.75) is 6.92 Å². The summed E-state index contributed by atoms with van der Waals surface area (Å²) in [5, 5.41) is 12.3. The molecule has 0 unspecified atom stereocenters. The Bertz CT molecular complexity index is 2330. The number of nitrogens with two attached hydrogens (primary N) is 2. The van der Waals surface area contributed by atoms with Crippen LogP contribution in [0.15, 0.2) is 176 Å². The summed E-state index contributed by atoms with van der Waals surface area (Å²) in [5.41, 5.74) is 18.9. The maximum atomic E-state index is 6.83. The molecule has 8 aromatic carbocycles. The van der Waals surface area contributed by atoms with Crippen molar-refractivity contribution in [1.29, 1.82) is 0 Å². The minimum absolute atomic E-state index is 0.778. The standard InChI is InChI=1S/C45H36N2P2/c1-31-30-39-38(25-15-27-41(39)47)44(45(31)49(34-20-10-4-11-21-34)35-22-12-5-13-23-35)43-37-24-14-26-40(46)36(37)28-29-42(43)48(32-16-6-2-7-17-32)33-18-8-3-9-19-33/h2-30H,46-47H2,1H3. The molecule has 0 aliphatic rings. The quantitative estimate of drug-likeness (QED) is 0.132. The Kier molecular flexibility index (Phi) is 8.44. The molecule has 0 amide bonds. The van der Waals surface area contributed by atoms with Crippen LogP contribution in [0.25, 0.3) is 32.7 Å². The summed E-state index contributed by atoms with van der Waals surface area (Å²) < 4.78 is 0. The highest BCUT2D eigenvalue weighted by Crippen LogP contribution is 2.47. The number of anilines is 2. The lowest BCUT2D eigenvalue weighted by Crippen LogP contribution is -2.27. The van der Waals surface area contributed by atoms with Gasteiger partial charge in [-0.05, 0) is 100 Å². The van der Waals surface area contributed by atoms with E-state index >= 15 is 0 Å². The van der Waals surface area contributed by atoms with Gasteiger partial charge >= 0.3 is 0 Å². The maximum Gasteiger partial charge on any atom is 0.0394 e. The van der Waals surface area contributed by atoms with Crippen molar-refractivity contribution in [3.05, 3.63) is 181 Å². The van der Waals surface area contributed by atoms with Crippen LogP contribution >= 0.6 is 15.8 Å². The highest BCUT2D eigenvalue weighted by Gasteiger charge is 2.29. The Labute approximate surface area is 290 Å². The van der Waals surface area contributed by atoms with Gasteiger partial charge in [0.1, 0.15) is 0 Å². The summed E-state index contributed by atoms with van der Waals surface area (Å²) in [6.07, 6.45) is 0. The van der Waals surface area contributed by atoms with Crippen LogP contribution in [0.1, 0.15) is 5.56 Å². The summed E-state index contributed by atoms with van der Waals surface area (Å²) in [4.78, 5) is 0. The molecule has 0 spiro atoms. The summed E-state index contributed by atoms with van der Waals surface area (Å²) >= 11 is 0. The maximum absolute atomic E-state index is 6.83. The highest BCUT2D eigenvalue weighted by atomic mass is 31.1. The Balaban J connectivity index is 1.59. The summed E-state index contributed by atoms with van der Waals surface area (Å²) in [6, 6.07) is 63.6. The van der Waals surface area contributed by atoms with E-state index in [1.54, 1.807) is 0 Å². The average molecular weight is 667 g/mol. The molecule has 8 rings (SSSR count). The van der Waals surface area contributed by atoms with Crippen LogP contribution in [0, 0.1) is 6.92 Å². The first kappa shape index (κ1) is 31.0. The lowest BCUT2D eigenvalue weighted by molar-refractivity contribution is 1.54. The van der Waals surface area contributed by atoms with E-state index in [1.807, 2.05) is 12.1 Å². The minimum Gasteiger partial charge on any atom is -0.398 e. The zero-order valence-corrected chi connectivity index (χ0v) is 29.1. The van der Waals surface area contributed by atoms with Crippen molar-refractivity contribution in [2.75, 3.05) is 11.5 Å². The molecular weight excluding hydrogens is 630 g/mol. The summed E-state index contributed by atoms with van der Waals surface area (Å²) in [6.45, 7) is 2.27. The van der Waals surface area contributed by atoms with E-state index in [2.05, 4.69) is 171 Å². The smallest absolute Gasteiger partial charge is 0.0394 e. The van der Waals surface area contributed by atoms with Gasteiger partial charge in [-0.3, -0.25) is 0 Å². The molecule has 0 radical (unpaired) electrons. The molecule has 0 aliphatic heterocycles. The number of nitrogen functional groups attached to an aromatic ring is 2. The fraction of sp³-hybridized carbons (Fsp3) is 0.0222. The van der Waals surface area contributed by atoms with Crippen molar-refractivity contribution in [1.82, 2.24) is 0 Å². The van der Waals surface area contributed by atoms with Crippen molar-refractivity contribution >= 4 is 80.6 Å². The largest absolute Gasteiger partial charge is 0.398 e. The Hall–Kier alpha value is -5.26. The SMILES string of the molecule is Cc1cc2c(N)cccc2c(-c2c(P(c3ccccc3)c3ccccc3)ccc3c(N)cccc23)c1P(c1ccccc1)c1ccccc1. The topological polar surface area (TPSA) is 52.0 Å². The van der Waals surface area contributed by atoms with Crippen molar-refractivity contribution in [2.24, 2.45) is 0 Å². The second-order valence-corrected chi connectivity index (χ2v) is 16.6. The van der Waals surface area contributed by atoms with Crippen LogP contribution in [0.3, 0.4) is 0 Å². The van der Waals surface area contributed by atoms with Crippen LogP contribution in [-0.2, 0) is 0 Å². The van der Waals surface area contributed by atoms with Crippen molar-refractivity contribution in [3.63, 3.8) is 0 Å². The first-order chi connectivity index (χ1) is 24.1. The second-order valence-electron chi connectivity index (χ2n) is 12.3. The van der Waals surface area contributed by atoms with Crippen LogP contribution in [0.4, 0.5) is 11.4 Å². The third-order valence-electron chi connectivity index (χ3n) is 9.23. The summed E-state index contributed by atoms with van der Waals surface area (Å²) in [5.74, 6) is 0. The van der Waals surface area contributed by atoms with Gasteiger partial charge in [-0.25, -0.2) is 0 Å². The zero-order valence-electron chi connectivity index (χ0n) is 27.3. The van der Waals surface area contributed by atoms with E-state index in [4.69, 9.17) is 11.5 Å². The predicted octanol–water partition coefficient (Wildman–Crippen LogP) is 8.65. The predicted molar refractivity (Wildman–Crippen MR) is 218 cm³/mol. The van der Waals surface area contributed by atoms with Gasteiger partial charge < -0.3 is 11.5 Å². The van der Waals surface area contributed by atoms with Crippen LogP contribution in [0.2, 0.25) is 0 Å². The molecule has 8 aromatic rings. The van der Waals surface area contributed by atoms with E-state index < -0.39 is 15.8 Å². The number of fused-ring (bicyclic) bond motifs is 2. The molecule has 236 valence electrons. The molecule has 49 heavy (non-hydrogen) atoms. The van der Waals surface area contributed by atoms with Gasteiger partial charge in [0.25, 0.3) is 0 Å². The Morgan fingerprint density at radius 2 is 0.796 bits per heavy atom. The minimum atomic E-state index is -0.962. The van der Waals surface area contributed by atoms with Crippen molar-refractivity contribution < 1.29 is 0 Å². The fourth-order valence-electron chi connectivity index (χ4n) is 7.08. The van der Waals surface area contributed by atoms with Gasteiger partial charge in [-0.15, -0.1) is 0 Å². The van der Waals surface area contributed by atoms with E-state index in [-0.39, 0.29) is 0 Å². The molecule has 0 saturated carbocycles. The average Bonchev–Trinajstić information content (AvgIpc) is 3.15. The number of benzene rings is 8. The second kappa shape index (κ2) is 13.3. The Morgan fingerprint density at radius 1 is 0.367 bits per heavy atom. The van der Waals surface area contributed by atoms with Gasteiger partial charge in [0.05, 0.1) is 0 Å². The third-order valence-corrected chi connectivity index (χ3v) is 14.4. The van der Waals surface area contributed by atoms with Gasteiger partial charge in [0.2, 0.25) is 0 Å². The van der Waals surface area contributed by atoms with Gasteiger partial charge in [-0.1, -0.05) is 158 Å². The molecule has 0 heterocycles. The molecule has 2 nitrogen and oxygen atoms in total. The monoisotopic (exact) mass is 666 g/mol. The molecule has 0 fully saturated rings.